The number of nitrogens with zero attached hydrogens (tertiary/aromatic N) is 3. The van der Waals surface area contributed by atoms with Gasteiger partial charge in [0.2, 0.25) is 5.82 Å². The summed E-state index contributed by atoms with van der Waals surface area (Å²) in [5.41, 5.74) is -0.00771. The molecule has 3 rings (SSSR count). The zero-order chi connectivity index (χ0) is 18.2. The molecule has 0 fully saturated rings. The zero-order valence-corrected chi connectivity index (χ0v) is 14.2. The van der Waals surface area contributed by atoms with E-state index in [0.29, 0.717) is 16.8 Å². The Morgan fingerprint density at radius 1 is 1.28 bits per heavy atom. The van der Waals surface area contributed by atoms with E-state index in [-0.39, 0.29) is 29.6 Å². The van der Waals surface area contributed by atoms with Gasteiger partial charge in [-0.3, -0.25) is 4.79 Å². The number of benzene rings is 1. The fourth-order valence-electron chi connectivity index (χ4n) is 2.54. The molecular weight excluding hydrogens is 325 g/mol. The van der Waals surface area contributed by atoms with Crippen molar-refractivity contribution >= 4 is 0 Å². The maximum absolute atomic E-state index is 13.4. The molecule has 1 atom stereocenters. The summed E-state index contributed by atoms with van der Waals surface area (Å²) in [7, 11) is 0. The molecule has 1 aromatic carbocycles. The van der Waals surface area contributed by atoms with Crippen LogP contribution in [0, 0.1) is 19.7 Å². The van der Waals surface area contributed by atoms with Crippen LogP contribution < -0.4 is 5.56 Å². The third kappa shape index (κ3) is 3.36. The molecule has 0 aliphatic carbocycles. The lowest BCUT2D eigenvalue weighted by molar-refractivity contribution is 0.00479. The van der Waals surface area contributed by atoms with Gasteiger partial charge in [0.25, 0.3) is 11.4 Å². The summed E-state index contributed by atoms with van der Waals surface area (Å²) < 4.78 is 20.0. The number of pyridine rings is 1. The molecule has 2 heterocycles. The van der Waals surface area contributed by atoms with Gasteiger partial charge in [-0.1, -0.05) is 11.2 Å². The van der Waals surface area contributed by atoms with Crippen molar-refractivity contribution in [3.63, 3.8) is 0 Å². The number of aliphatic hydroxyl groups is 1. The van der Waals surface area contributed by atoms with Crippen LogP contribution in [-0.4, -0.2) is 19.8 Å². The molecule has 7 heteroatoms. The molecular formula is C18H18FN3O3. The first kappa shape index (κ1) is 17.0. The normalized spacial score (nSPS) is 13.6. The van der Waals surface area contributed by atoms with Gasteiger partial charge < -0.3 is 14.2 Å². The molecule has 0 saturated heterocycles. The maximum Gasteiger partial charge on any atom is 0.260 e. The summed E-state index contributed by atoms with van der Waals surface area (Å²) in [4.78, 5) is 16.2. The number of halogens is 1. The molecule has 130 valence electrons. The van der Waals surface area contributed by atoms with E-state index in [4.69, 9.17) is 4.52 Å². The summed E-state index contributed by atoms with van der Waals surface area (Å²) in [6, 6.07) is 9.32. The van der Waals surface area contributed by atoms with Crippen molar-refractivity contribution in [1.82, 2.24) is 14.7 Å². The van der Waals surface area contributed by atoms with E-state index in [0.717, 1.165) is 0 Å². The minimum Gasteiger partial charge on any atom is -0.378 e. The second kappa shape index (κ2) is 6.25. The molecule has 0 radical (unpaired) electrons. The SMILES string of the molecule is Cc1cc(-c2noc(C(C)(O)Cn3c(C)cccc3=O)n2)ccc1F. The Kier molecular flexibility index (Phi) is 4.26. The van der Waals surface area contributed by atoms with Crippen LogP contribution >= 0.6 is 0 Å². The van der Waals surface area contributed by atoms with Crippen molar-refractivity contribution in [2.45, 2.75) is 32.9 Å². The Morgan fingerprint density at radius 2 is 2.04 bits per heavy atom. The van der Waals surface area contributed by atoms with Crippen LogP contribution in [0.15, 0.2) is 45.7 Å². The average molecular weight is 343 g/mol. The van der Waals surface area contributed by atoms with E-state index in [2.05, 4.69) is 10.1 Å². The van der Waals surface area contributed by atoms with Gasteiger partial charge in [-0.25, -0.2) is 4.39 Å². The predicted octanol–water partition coefficient (Wildman–Crippen LogP) is 2.56. The van der Waals surface area contributed by atoms with Crippen molar-refractivity contribution < 1.29 is 14.0 Å². The number of rotatable bonds is 4. The average Bonchev–Trinajstić information content (AvgIpc) is 3.05. The monoisotopic (exact) mass is 343 g/mol. The van der Waals surface area contributed by atoms with Gasteiger partial charge in [0.1, 0.15) is 5.82 Å². The highest BCUT2D eigenvalue weighted by Gasteiger charge is 2.32. The summed E-state index contributed by atoms with van der Waals surface area (Å²) >= 11 is 0. The third-order valence-corrected chi connectivity index (χ3v) is 4.04. The number of hydrogen-bond acceptors (Lipinski definition) is 5. The van der Waals surface area contributed by atoms with Crippen LogP contribution in [-0.2, 0) is 12.1 Å². The molecule has 6 nitrogen and oxygen atoms in total. The van der Waals surface area contributed by atoms with Crippen LogP contribution in [0.3, 0.4) is 0 Å². The van der Waals surface area contributed by atoms with Crippen molar-refractivity contribution in [1.29, 1.82) is 0 Å². The van der Waals surface area contributed by atoms with Gasteiger partial charge >= 0.3 is 0 Å². The second-order valence-electron chi connectivity index (χ2n) is 6.25. The third-order valence-electron chi connectivity index (χ3n) is 4.04. The highest BCUT2D eigenvalue weighted by atomic mass is 19.1. The van der Waals surface area contributed by atoms with Crippen LogP contribution in [0.2, 0.25) is 0 Å². The first-order valence-corrected chi connectivity index (χ1v) is 7.77. The molecule has 0 saturated carbocycles. The molecule has 0 bridgehead atoms. The Bertz CT molecular complexity index is 976. The number of hydrogen-bond donors (Lipinski definition) is 1. The standard InChI is InChI=1S/C18H18FN3O3/c1-11-9-13(7-8-14(11)19)16-20-17(25-21-16)18(3,24)10-22-12(2)5-4-6-15(22)23/h4-9,24H,10H2,1-3H3. The summed E-state index contributed by atoms with van der Waals surface area (Å²) in [5.74, 6) is -0.0893. The van der Waals surface area contributed by atoms with Crippen LogP contribution in [0.1, 0.15) is 24.1 Å². The fraction of sp³-hybridized carbons (Fsp3) is 0.278. The van der Waals surface area contributed by atoms with Crippen molar-refractivity contribution in [2.75, 3.05) is 0 Å². The Labute approximate surface area is 143 Å². The molecule has 0 aliphatic heterocycles. The lowest BCUT2D eigenvalue weighted by Crippen LogP contribution is -2.34. The fourth-order valence-corrected chi connectivity index (χ4v) is 2.54. The Hall–Kier alpha value is -2.80. The highest BCUT2D eigenvalue weighted by molar-refractivity contribution is 5.55. The van der Waals surface area contributed by atoms with Gasteiger partial charge in [-0.05, 0) is 50.6 Å². The predicted molar refractivity (Wildman–Crippen MR) is 89.4 cm³/mol. The van der Waals surface area contributed by atoms with E-state index < -0.39 is 5.60 Å². The first-order chi connectivity index (χ1) is 11.8. The second-order valence-corrected chi connectivity index (χ2v) is 6.25. The molecule has 1 N–H and O–H groups in total. The molecule has 2 aromatic heterocycles. The highest BCUT2D eigenvalue weighted by Crippen LogP contribution is 2.25. The Balaban J connectivity index is 1.92. The van der Waals surface area contributed by atoms with Crippen LogP contribution in [0.5, 0.6) is 0 Å². The lowest BCUT2D eigenvalue weighted by Gasteiger charge is -2.21. The Morgan fingerprint density at radius 3 is 2.72 bits per heavy atom. The smallest absolute Gasteiger partial charge is 0.260 e. The van der Waals surface area contributed by atoms with Crippen molar-refractivity contribution in [3.8, 4) is 11.4 Å². The van der Waals surface area contributed by atoms with Gasteiger partial charge in [0.15, 0.2) is 5.60 Å². The van der Waals surface area contributed by atoms with Crippen LogP contribution in [0.25, 0.3) is 11.4 Å². The molecule has 0 spiro atoms. The van der Waals surface area contributed by atoms with Crippen LogP contribution in [0.4, 0.5) is 4.39 Å². The summed E-state index contributed by atoms with van der Waals surface area (Å²) in [5, 5.41) is 14.6. The van der Waals surface area contributed by atoms with Gasteiger partial charge in [-0.2, -0.15) is 4.98 Å². The number of aryl methyl sites for hydroxylation is 2. The quantitative estimate of drug-likeness (QED) is 0.787. The minimum atomic E-state index is -1.53. The van der Waals surface area contributed by atoms with E-state index in [1.54, 1.807) is 32.0 Å². The number of aromatic nitrogens is 3. The minimum absolute atomic E-state index is 0.0142. The van der Waals surface area contributed by atoms with Crippen molar-refractivity contribution in [2.24, 2.45) is 0 Å². The summed E-state index contributed by atoms with van der Waals surface area (Å²) in [6.45, 7) is 4.89. The lowest BCUT2D eigenvalue weighted by atomic mass is 10.1. The maximum atomic E-state index is 13.4. The molecule has 3 aromatic rings. The molecule has 1 unspecified atom stereocenters. The largest absolute Gasteiger partial charge is 0.378 e. The molecule has 0 aliphatic rings. The molecule has 25 heavy (non-hydrogen) atoms. The van der Waals surface area contributed by atoms with Gasteiger partial charge in [0.05, 0.1) is 6.54 Å². The molecule has 0 amide bonds. The van der Waals surface area contributed by atoms with Crippen molar-refractivity contribution in [3.05, 3.63) is 69.7 Å². The van der Waals surface area contributed by atoms with E-state index in [1.807, 2.05) is 0 Å². The van der Waals surface area contributed by atoms with E-state index in [1.165, 1.54) is 29.7 Å². The zero-order valence-electron chi connectivity index (χ0n) is 14.2. The van der Waals surface area contributed by atoms with Gasteiger partial charge in [-0.15, -0.1) is 0 Å². The summed E-state index contributed by atoms with van der Waals surface area (Å²) in [6.07, 6.45) is 0. The van der Waals surface area contributed by atoms with E-state index >= 15 is 0 Å². The topological polar surface area (TPSA) is 81.2 Å². The van der Waals surface area contributed by atoms with Gasteiger partial charge in [0, 0.05) is 17.3 Å². The van der Waals surface area contributed by atoms with E-state index in [9.17, 15) is 14.3 Å². The first-order valence-electron chi connectivity index (χ1n) is 7.77.